The van der Waals surface area contributed by atoms with E-state index in [0.29, 0.717) is 6.54 Å². The predicted molar refractivity (Wildman–Crippen MR) is 101 cm³/mol. The minimum atomic E-state index is 0.0998. The van der Waals surface area contributed by atoms with E-state index in [2.05, 4.69) is 20.2 Å². The lowest BCUT2D eigenvalue weighted by molar-refractivity contribution is 0.0710. The molecule has 1 saturated heterocycles. The van der Waals surface area contributed by atoms with Crippen molar-refractivity contribution in [3.63, 3.8) is 0 Å². The molecular formula is C19H21N5OS. The van der Waals surface area contributed by atoms with E-state index in [-0.39, 0.29) is 11.8 Å². The quantitative estimate of drug-likeness (QED) is 0.768. The third-order valence-electron chi connectivity index (χ3n) is 4.87. The maximum Gasteiger partial charge on any atom is 0.265 e. The van der Waals surface area contributed by atoms with E-state index >= 15 is 0 Å². The van der Waals surface area contributed by atoms with Gasteiger partial charge >= 0.3 is 0 Å². The largest absolute Gasteiger partial charge is 0.337 e. The molecule has 0 aliphatic carbocycles. The number of nitrogens with zero attached hydrogens (tertiary/aromatic N) is 4. The molecule has 1 aliphatic heterocycles. The molecule has 3 aromatic heterocycles. The van der Waals surface area contributed by atoms with Crippen molar-refractivity contribution in [3.05, 3.63) is 52.0 Å². The Hall–Kier alpha value is -2.54. The van der Waals surface area contributed by atoms with Crippen molar-refractivity contribution >= 4 is 17.2 Å². The van der Waals surface area contributed by atoms with Crippen LogP contribution < -0.4 is 0 Å². The molecule has 134 valence electrons. The Morgan fingerprint density at radius 2 is 2.12 bits per heavy atom. The van der Waals surface area contributed by atoms with Crippen molar-refractivity contribution in [1.29, 1.82) is 0 Å². The van der Waals surface area contributed by atoms with Crippen LogP contribution in [-0.2, 0) is 0 Å². The molecule has 0 spiro atoms. The molecule has 0 aromatic carbocycles. The predicted octanol–water partition coefficient (Wildman–Crippen LogP) is 3.56. The Balaban J connectivity index is 1.58. The average Bonchev–Trinajstić information content (AvgIpc) is 3.28. The summed E-state index contributed by atoms with van der Waals surface area (Å²) in [5, 5.41) is 8.37. The molecule has 6 nitrogen and oxygen atoms in total. The number of aromatic nitrogens is 4. The van der Waals surface area contributed by atoms with E-state index in [9.17, 15) is 4.79 Å². The van der Waals surface area contributed by atoms with Crippen LogP contribution in [0.2, 0.25) is 0 Å². The first-order chi connectivity index (χ1) is 12.6. The van der Waals surface area contributed by atoms with Gasteiger partial charge in [0.15, 0.2) is 0 Å². The molecule has 1 aliphatic rings. The molecule has 1 atom stereocenters. The molecule has 1 amide bonds. The van der Waals surface area contributed by atoms with Crippen LogP contribution in [0.25, 0.3) is 11.1 Å². The number of thiazole rings is 1. The van der Waals surface area contributed by atoms with Crippen LogP contribution in [0, 0.1) is 13.8 Å². The fourth-order valence-electron chi connectivity index (χ4n) is 3.64. The number of aromatic amines is 1. The summed E-state index contributed by atoms with van der Waals surface area (Å²) in [6.45, 7) is 5.35. The zero-order valence-corrected chi connectivity index (χ0v) is 15.7. The second-order valence-corrected chi connectivity index (χ2v) is 7.87. The molecular weight excluding hydrogens is 346 g/mol. The first-order valence-electron chi connectivity index (χ1n) is 8.80. The lowest BCUT2D eigenvalue weighted by Crippen LogP contribution is -2.39. The smallest absolute Gasteiger partial charge is 0.265 e. The number of pyridine rings is 1. The maximum absolute atomic E-state index is 13.0. The third kappa shape index (κ3) is 3.14. The number of likely N-dealkylation sites (tertiary alicyclic amines) is 1. The molecule has 3 aromatic rings. The standard InChI is InChI=1S/C19H21N5OS/c1-12-18(26-13(2)22-12)19(25)24-9-3-4-15(11-24)17-16(10-21-23-17)14-5-7-20-8-6-14/h5-8,10,15H,3-4,9,11H2,1-2H3,(H,21,23)/t15-/m1/s1. The van der Waals surface area contributed by atoms with Gasteiger partial charge in [-0.2, -0.15) is 5.10 Å². The minimum absolute atomic E-state index is 0.0998. The van der Waals surface area contributed by atoms with Crippen LogP contribution in [0.4, 0.5) is 0 Å². The fraction of sp³-hybridized carbons (Fsp3) is 0.368. The van der Waals surface area contributed by atoms with Gasteiger partial charge in [0.2, 0.25) is 0 Å². The summed E-state index contributed by atoms with van der Waals surface area (Å²) in [6.07, 6.45) is 7.48. The summed E-state index contributed by atoms with van der Waals surface area (Å²) < 4.78 is 0. The molecule has 0 radical (unpaired) electrons. The van der Waals surface area contributed by atoms with Gasteiger partial charge in [-0.15, -0.1) is 11.3 Å². The second-order valence-electron chi connectivity index (χ2n) is 6.67. The molecule has 7 heteroatoms. The van der Waals surface area contributed by atoms with Gasteiger partial charge in [-0.25, -0.2) is 4.98 Å². The molecule has 0 saturated carbocycles. The van der Waals surface area contributed by atoms with Gasteiger partial charge in [0.05, 0.1) is 16.9 Å². The van der Waals surface area contributed by atoms with Gasteiger partial charge in [0.25, 0.3) is 5.91 Å². The number of H-pyrrole nitrogens is 1. The van der Waals surface area contributed by atoms with E-state index in [1.165, 1.54) is 11.3 Å². The number of piperidine rings is 1. The molecule has 4 heterocycles. The number of carbonyl (C=O) groups excluding carboxylic acids is 1. The van der Waals surface area contributed by atoms with Gasteiger partial charge in [-0.05, 0) is 44.4 Å². The van der Waals surface area contributed by atoms with Crippen LogP contribution >= 0.6 is 11.3 Å². The van der Waals surface area contributed by atoms with Crippen molar-refractivity contribution in [1.82, 2.24) is 25.1 Å². The van der Waals surface area contributed by atoms with Crippen molar-refractivity contribution in [2.24, 2.45) is 0 Å². The Morgan fingerprint density at radius 3 is 2.85 bits per heavy atom. The maximum atomic E-state index is 13.0. The van der Waals surface area contributed by atoms with E-state index in [4.69, 9.17) is 0 Å². The van der Waals surface area contributed by atoms with Gasteiger partial charge < -0.3 is 4.90 Å². The van der Waals surface area contributed by atoms with Crippen LogP contribution in [0.1, 0.15) is 44.8 Å². The van der Waals surface area contributed by atoms with Gasteiger partial charge in [-0.1, -0.05) is 0 Å². The highest BCUT2D eigenvalue weighted by Crippen LogP contribution is 2.33. The lowest BCUT2D eigenvalue weighted by atomic mass is 9.90. The van der Waals surface area contributed by atoms with Crippen molar-refractivity contribution in [2.75, 3.05) is 13.1 Å². The Labute approximate surface area is 156 Å². The van der Waals surface area contributed by atoms with E-state index in [1.54, 1.807) is 12.4 Å². The van der Waals surface area contributed by atoms with E-state index in [1.807, 2.05) is 37.1 Å². The summed E-state index contributed by atoms with van der Waals surface area (Å²) in [5.74, 6) is 0.357. The topological polar surface area (TPSA) is 74.8 Å². The number of nitrogens with one attached hydrogen (secondary N) is 1. The second kappa shape index (κ2) is 6.99. The van der Waals surface area contributed by atoms with Crippen molar-refractivity contribution in [3.8, 4) is 11.1 Å². The summed E-state index contributed by atoms with van der Waals surface area (Å²) in [6, 6.07) is 3.98. The Bertz CT molecular complexity index is 917. The highest BCUT2D eigenvalue weighted by atomic mass is 32.1. The molecule has 26 heavy (non-hydrogen) atoms. The molecule has 0 unspecified atom stereocenters. The zero-order valence-electron chi connectivity index (χ0n) is 14.9. The normalized spacial score (nSPS) is 17.5. The third-order valence-corrected chi connectivity index (χ3v) is 5.94. The summed E-state index contributed by atoms with van der Waals surface area (Å²) in [5.41, 5.74) is 4.13. The van der Waals surface area contributed by atoms with Gasteiger partial charge in [0, 0.05) is 42.7 Å². The molecule has 0 bridgehead atoms. The van der Waals surface area contributed by atoms with E-state index in [0.717, 1.165) is 51.8 Å². The molecule has 1 N–H and O–H groups in total. The van der Waals surface area contributed by atoms with Crippen LogP contribution in [0.15, 0.2) is 30.7 Å². The number of hydrogen-bond acceptors (Lipinski definition) is 5. The first kappa shape index (κ1) is 16.9. The van der Waals surface area contributed by atoms with Crippen LogP contribution in [0.5, 0.6) is 0 Å². The SMILES string of the molecule is Cc1nc(C)c(C(=O)N2CCC[C@@H](c3[nH]ncc3-c3ccncc3)C2)s1. The number of amides is 1. The fourth-order valence-corrected chi connectivity index (χ4v) is 4.53. The monoisotopic (exact) mass is 367 g/mol. The average molecular weight is 367 g/mol. The molecule has 1 fully saturated rings. The Kier molecular flexibility index (Phi) is 4.55. The number of carbonyl (C=O) groups is 1. The highest BCUT2D eigenvalue weighted by molar-refractivity contribution is 7.13. The number of rotatable bonds is 3. The van der Waals surface area contributed by atoms with Gasteiger partial charge in [0.1, 0.15) is 4.88 Å². The van der Waals surface area contributed by atoms with E-state index < -0.39 is 0 Å². The summed E-state index contributed by atoms with van der Waals surface area (Å²) >= 11 is 1.49. The lowest BCUT2D eigenvalue weighted by Gasteiger charge is -2.32. The van der Waals surface area contributed by atoms with Gasteiger partial charge in [-0.3, -0.25) is 14.9 Å². The number of aryl methyl sites for hydroxylation is 2. The zero-order chi connectivity index (χ0) is 18.1. The van der Waals surface area contributed by atoms with Crippen LogP contribution in [-0.4, -0.2) is 44.1 Å². The van der Waals surface area contributed by atoms with Crippen LogP contribution in [0.3, 0.4) is 0 Å². The first-order valence-corrected chi connectivity index (χ1v) is 9.62. The summed E-state index contributed by atoms with van der Waals surface area (Å²) in [4.78, 5) is 24.2. The van der Waals surface area contributed by atoms with Crippen molar-refractivity contribution in [2.45, 2.75) is 32.6 Å². The Morgan fingerprint density at radius 1 is 1.31 bits per heavy atom. The summed E-state index contributed by atoms with van der Waals surface area (Å²) in [7, 11) is 0. The minimum Gasteiger partial charge on any atom is -0.337 e. The van der Waals surface area contributed by atoms with Crippen molar-refractivity contribution < 1.29 is 4.79 Å². The molecule has 4 rings (SSSR count). The highest BCUT2D eigenvalue weighted by Gasteiger charge is 2.29. The number of hydrogen-bond donors (Lipinski definition) is 1.